The van der Waals surface area contributed by atoms with Gasteiger partial charge < -0.3 is 50.3 Å². The molecule has 0 unspecified atom stereocenters. The summed E-state index contributed by atoms with van der Waals surface area (Å²) in [7, 11) is 6.63. The lowest BCUT2D eigenvalue weighted by molar-refractivity contribution is -0.147. The number of rotatable bonds is 14. The van der Waals surface area contributed by atoms with E-state index in [1.165, 1.54) is 0 Å². The number of amides is 8. The fourth-order valence-corrected chi connectivity index (χ4v) is 13.8. The van der Waals surface area contributed by atoms with Crippen LogP contribution >= 0.6 is 0 Å². The van der Waals surface area contributed by atoms with Gasteiger partial charge in [0.05, 0.1) is 0 Å². The Morgan fingerprint density at radius 1 is 0.356 bits per heavy atom. The van der Waals surface area contributed by atoms with Crippen molar-refractivity contribution in [2.45, 2.75) is 177 Å². The van der Waals surface area contributed by atoms with Gasteiger partial charge in [0.2, 0.25) is 47.3 Å². The average Bonchev–Trinajstić information content (AvgIpc) is 3.70. The van der Waals surface area contributed by atoms with Crippen LogP contribution in [0.5, 0.6) is 0 Å². The molecule has 9 rings (SSSR count). The molecule has 4 N–H and O–H groups in total. The van der Waals surface area contributed by atoms with Crippen LogP contribution in [0.3, 0.4) is 0 Å². The average molecular weight is 1230 g/mol. The van der Waals surface area contributed by atoms with Gasteiger partial charge in [-0.3, -0.25) is 47.9 Å². The van der Waals surface area contributed by atoms with Gasteiger partial charge in [-0.1, -0.05) is 121 Å². The Hall–Kier alpha value is -8.42. The molecule has 12 atom stereocenters. The van der Waals surface area contributed by atoms with E-state index in [1.807, 2.05) is 121 Å². The fraction of sp³-hybridized carbons (Fsp3) is 0.514. The molecule has 1 heterocycles. The molecule has 20 heteroatoms. The van der Waals surface area contributed by atoms with Gasteiger partial charge >= 0.3 is 11.9 Å². The molecule has 5 fully saturated rings. The summed E-state index contributed by atoms with van der Waals surface area (Å²) in [4.78, 5) is 150. The number of nitrogens with zero attached hydrogens (tertiary/aromatic N) is 4. The van der Waals surface area contributed by atoms with Gasteiger partial charge in [-0.05, 0) is 112 Å². The van der Waals surface area contributed by atoms with E-state index in [-0.39, 0.29) is 101 Å². The highest BCUT2D eigenvalue weighted by molar-refractivity contribution is 5.93. The molecule has 1 saturated heterocycles. The van der Waals surface area contributed by atoms with Crippen molar-refractivity contribution in [2.24, 2.45) is 23.7 Å². The van der Waals surface area contributed by atoms with Crippen molar-refractivity contribution in [1.29, 1.82) is 0 Å². The SMILES string of the molecule is CN1C(=O)[C@H](Cc2ccccc2)NC(=O)[C@@H]2CC[C@@H](C2)N(C)C(=O)[C@@H](CCC(=O)OCc2ccccc2)NC(=O)[C@@H]2CC[C@@H](C2)N(C)C(=O)[C@H](Cc2ccccc2)NC(=O)[C@H]2CC[C@@H](C2)N(C)C(=O)[C@@H](CCC(=O)OCc2ccccc2)NC(=O)[C@@H]2CC[C@H]1C2. The number of ether oxygens (including phenoxy) is 2. The van der Waals surface area contributed by atoms with Crippen LogP contribution < -0.4 is 21.3 Å². The minimum absolute atomic E-state index is 0.0379. The number of hydrogen-bond donors (Lipinski definition) is 4. The summed E-state index contributed by atoms with van der Waals surface area (Å²) in [6, 6.07) is 31.3. The number of benzene rings is 4. The van der Waals surface area contributed by atoms with Crippen molar-refractivity contribution in [1.82, 2.24) is 40.9 Å². The van der Waals surface area contributed by atoms with Gasteiger partial charge in [0.25, 0.3) is 0 Å². The molecule has 4 aromatic rings. The number of nitrogens with one attached hydrogen (secondary N) is 4. The van der Waals surface area contributed by atoms with E-state index in [1.54, 1.807) is 47.8 Å². The van der Waals surface area contributed by atoms with Crippen molar-refractivity contribution in [2.75, 3.05) is 28.2 Å². The Labute approximate surface area is 527 Å². The third kappa shape index (κ3) is 17.5. The molecule has 20 nitrogen and oxygen atoms in total. The molecule has 4 saturated carbocycles. The predicted molar refractivity (Wildman–Crippen MR) is 335 cm³/mol. The molecule has 8 amide bonds. The van der Waals surface area contributed by atoms with Crippen molar-refractivity contribution >= 4 is 59.2 Å². The monoisotopic (exact) mass is 1230 g/mol. The van der Waals surface area contributed by atoms with E-state index in [9.17, 15) is 47.9 Å². The fourth-order valence-electron chi connectivity index (χ4n) is 13.8. The van der Waals surface area contributed by atoms with Crippen molar-refractivity contribution in [3.05, 3.63) is 144 Å². The third-order valence-corrected chi connectivity index (χ3v) is 19.5. The molecular weight excluding hydrogens is 1140 g/mol. The standard InChI is InChI=1S/C70H88N8O12/c1-75-53-29-27-51(41-53)65(83)73-59(37-45-17-9-5-10-18-45)69(87)78(4)56-32-26-50(40-56)64(82)72-58(34-36-62(80)90-44-48-23-15-8-16-24-48)68(86)76(2)54-30-28-52(42-54)66(84)74-60(38-46-19-11-6-12-20-46)70(88)77(3)55-31-25-49(39-55)63(81)71-57(67(75)85)33-35-61(79)89-43-47-21-13-7-14-22-47/h5-24,49-60H,25-44H2,1-4H3,(H,71,81)(H,72,82)(H,73,83)(H,74,84)/t49-,50-,51-,52+,53+,54+,55+,56+,57-,58-,59+,60+/m1/s1. The second kappa shape index (κ2) is 31.4. The normalized spacial score (nSPS) is 27.7. The Morgan fingerprint density at radius 3 is 0.878 bits per heavy atom. The van der Waals surface area contributed by atoms with Crippen LogP contribution in [0.25, 0.3) is 0 Å². The van der Waals surface area contributed by atoms with E-state index in [0.29, 0.717) is 51.4 Å². The quantitative estimate of drug-likeness (QED) is 0.107. The minimum atomic E-state index is -1.13. The van der Waals surface area contributed by atoms with Crippen LogP contribution in [0, 0.1) is 23.7 Å². The van der Waals surface area contributed by atoms with Crippen LogP contribution in [0.4, 0.5) is 0 Å². The molecule has 0 radical (unpaired) electrons. The molecule has 5 aliphatic rings. The maximum Gasteiger partial charge on any atom is 0.306 e. The maximum absolute atomic E-state index is 14.8. The van der Waals surface area contributed by atoms with E-state index < -0.39 is 108 Å². The largest absolute Gasteiger partial charge is 0.461 e. The maximum atomic E-state index is 14.8. The predicted octanol–water partition coefficient (Wildman–Crippen LogP) is 5.98. The summed E-state index contributed by atoms with van der Waals surface area (Å²) >= 11 is 0. The number of fused-ring (bicyclic) bond motifs is 8. The molecule has 480 valence electrons. The smallest absolute Gasteiger partial charge is 0.306 e. The van der Waals surface area contributed by atoms with Gasteiger partial charge in [0.1, 0.15) is 37.4 Å². The van der Waals surface area contributed by atoms with Crippen molar-refractivity contribution < 1.29 is 57.4 Å². The summed E-state index contributed by atoms with van der Waals surface area (Å²) in [6.45, 7) is 0.0757. The van der Waals surface area contributed by atoms with Gasteiger partial charge in [0, 0.05) is 102 Å². The zero-order valence-electron chi connectivity index (χ0n) is 52.3. The van der Waals surface area contributed by atoms with Gasteiger partial charge in [-0.25, -0.2) is 0 Å². The lowest BCUT2D eigenvalue weighted by atomic mass is 10.0. The molecule has 8 bridgehead atoms. The molecule has 4 aromatic carbocycles. The van der Waals surface area contributed by atoms with Crippen LogP contribution in [-0.2, 0) is 83.5 Å². The number of carbonyl (C=O) groups is 10. The number of likely N-dealkylation sites (N-methyl/N-ethyl adjacent to an activating group) is 4. The number of hydrogen-bond acceptors (Lipinski definition) is 12. The number of carbonyl (C=O) groups excluding carboxylic acids is 10. The van der Waals surface area contributed by atoms with E-state index in [4.69, 9.17) is 9.47 Å². The first kappa shape index (κ1) is 66.0. The number of esters is 2. The van der Waals surface area contributed by atoms with Crippen LogP contribution in [0.1, 0.15) is 125 Å². The topological polar surface area (TPSA) is 250 Å². The highest BCUT2D eigenvalue weighted by Crippen LogP contribution is 2.35. The molecular formula is C70H88N8O12. The zero-order valence-corrected chi connectivity index (χ0v) is 52.3. The summed E-state index contributed by atoms with van der Waals surface area (Å²) in [6.07, 6.45) is 4.56. The summed E-state index contributed by atoms with van der Waals surface area (Å²) in [5, 5.41) is 12.1. The highest BCUT2D eigenvalue weighted by atomic mass is 16.5. The molecule has 1 aliphatic heterocycles. The van der Waals surface area contributed by atoms with Gasteiger partial charge in [-0.2, -0.15) is 0 Å². The first-order chi connectivity index (χ1) is 43.4. The van der Waals surface area contributed by atoms with E-state index in [0.717, 1.165) is 22.3 Å². The second-order valence-corrected chi connectivity index (χ2v) is 25.4. The third-order valence-electron chi connectivity index (χ3n) is 19.5. The Balaban J connectivity index is 0.962. The first-order valence-corrected chi connectivity index (χ1v) is 32.1. The van der Waals surface area contributed by atoms with Crippen LogP contribution in [0.2, 0.25) is 0 Å². The lowest BCUT2D eigenvalue weighted by Crippen LogP contribution is -2.53. The lowest BCUT2D eigenvalue weighted by Gasteiger charge is -2.31. The molecule has 0 spiro atoms. The van der Waals surface area contributed by atoms with Crippen LogP contribution in [0.15, 0.2) is 121 Å². The summed E-state index contributed by atoms with van der Waals surface area (Å²) in [5.74, 6) is -6.41. The Bertz CT molecular complexity index is 2950. The first-order valence-electron chi connectivity index (χ1n) is 32.1. The van der Waals surface area contributed by atoms with Crippen molar-refractivity contribution in [3.8, 4) is 0 Å². The summed E-state index contributed by atoms with van der Waals surface area (Å²) < 4.78 is 11.2. The minimum Gasteiger partial charge on any atom is -0.461 e. The second-order valence-electron chi connectivity index (χ2n) is 25.4. The Kier molecular flexibility index (Phi) is 23.0. The van der Waals surface area contributed by atoms with Gasteiger partial charge in [0.15, 0.2) is 0 Å². The molecule has 4 aliphatic carbocycles. The Morgan fingerprint density at radius 2 is 0.600 bits per heavy atom. The van der Waals surface area contributed by atoms with Crippen LogP contribution in [-0.4, -0.2) is 155 Å². The molecule has 0 aromatic heterocycles. The summed E-state index contributed by atoms with van der Waals surface area (Å²) in [5.41, 5.74) is 3.24. The molecule has 90 heavy (non-hydrogen) atoms. The van der Waals surface area contributed by atoms with Gasteiger partial charge in [-0.15, -0.1) is 0 Å². The van der Waals surface area contributed by atoms with E-state index >= 15 is 0 Å². The highest BCUT2D eigenvalue weighted by Gasteiger charge is 2.44. The van der Waals surface area contributed by atoms with E-state index in [2.05, 4.69) is 21.3 Å². The van der Waals surface area contributed by atoms with Crippen molar-refractivity contribution in [3.63, 3.8) is 0 Å². The zero-order chi connectivity index (χ0) is 63.8.